The number of benzene rings is 1. The Hall–Kier alpha value is -1.04. The Balaban J connectivity index is 2.23. The van der Waals surface area contributed by atoms with E-state index in [9.17, 15) is 0 Å². The van der Waals surface area contributed by atoms with Crippen LogP contribution in [0.2, 0.25) is 10.6 Å². The van der Waals surface area contributed by atoms with Crippen molar-refractivity contribution in [1.82, 2.24) is 15.0 Å². The summed E-state index contributed by atoms with van der Waals surface area (Å²) in [5.41, 5.74) is 0.816. The SMILES string of the molecule is Sc1ccc(Nc2nc(Cl)nc(Cl)n2)cc1. The van der Waals surface area contributed by atoms with Gasteiger partial charge in [0.1, 0.15) is 0 Å². The van der Waals surface area contributed by atoms with E-state index in [1.54, 1.807) is 0 Å². The molecule has 0 aliphatic heterocycles. The molecule has 1 aromatic heterocycles. The molecule has 4 nitrogen and oxygen atoms in total. The van der Waals surface area contributed by atoms with Crippen molar-refractivity contribution in [3.05, 3.63) is 34.8 Å². The highest BCUT2D eigenvalue weighted by Crippen LogP contribution is 2.17. The summed E-state index contributed by atoms with van der Waals surface area (Å²) in [5, 5.41) is 3.05. The molecule has 1 N–H and O–H groups in total. The van der Waals surface area contributed by atoms with Crippen LogP contribution in [0.1, 0.15) is 0 Å². The van der Waals surface area contributed by atoms with Crippen molar-refractivity contribution in [2.24, 2.45) is 0 Å². The molecule has 16 heavy (non-hydrogen) atoms. The van der Waals surface area contributed by atoms with Crippen LogP contribution in [-0.4, -0.2) is 15.0 Å². The molecule has 7 heteroatoms. The van der Waals surface area contributed by atoms with Gasteiger partial charge in [-0.25, -0.2) is 0 Å². The Morgan fingerprint density at radius 2 is 1.50 bits per heavy atom. The minimum atomic E-state index is 0.0494. The van der Waals surface area contributed by atoms with Crippen LogP contribution in [0.5, 0.6) is 0 Å². The molecule has 0 atom stereocenters. The Kier molecular flexibility index (Phi) is 3.48. The average molecular weight is 273 g/mol. The Labute approximate surface area is 107 Å². The molecule has 0 amide bonds. The lowest BCUT2D eigenvalue weighted by atomic mass is 10.3. The Bertz CT molecular complexity index is 483. The zero-order chi connectivity index (χ0) is 11.5. The van der Waals surface area contributed by atoms with Gasteiger partial charge in [0.15, 0.2) is 0 Å². The summed E-state index contributed by atoms with van der Waals surface area (Å²) in [5.74, 6) is 0.303. The molecule has 2 rings (SSSR count). The van der Waals surface area contributed by atoms with Crippen molar-refractivity contribution in [2.45, 2.75) is 4.90 Å². The standard InChI is InChI=1S/C9H6Cl2N4S/c10-7-13-8(11)15-9(14-7)12-5-1-3-6(16)4-2-5/h1-4,16H,(H,12,13,14,15). The summed E-state index contributed by atoms with van der Waals surface area (Å²) in [6.07, 6.45) is 0. The highest BCUT2D eigenvalue weighted by molar-refractivity contribution is 7.80. The van der Waals surface area contributed by atoms with Gasteiger partial charge in [0.05, 0.1) is 0 Å². The first kappa shape index (κ1) is 11.4. The third-order valence-electron chi connectivity index (χ3n) is 1.70. The molecule has 1 aromatic carbocycles. The van der Waals surface area contributed by atoms with Gasteiger partial charge in [0.2, 0.25) is 16.5 Å². The van der Waals surface area contributed by atoms with Crippen LogP contribution >= 0.6 is 35.8 Å². The van der Waals surface area contributed by atoms with Gasteiger partial charge < -0.3 is 5.32 Å². The van der Waals surface area contributed by atoms with Crippen LogP contribution in [0.15, 0.2) is 29.2 Å². The summed E-state index contributed by atoms with van der Waals surface area (Å²) in [4.78, 5) is 12.3. The number of aromatic nitrogens is 3. The van der Waals surface area contributed by atoms with Crippen molar-refractivity contribution in [3.63, 3.8) is 0 Å². The number of hydrogen-bond donors (Lipinski definition) is 2. The minimum absolute atomic E-state index is 0.0494. The quantitative estimate of drug-likeness (QED) is 0.825. The molecule has 2 aromatic rings. The smallest absolute Gasteiger partial charge is 0.232 e. The average Bonchev–Trinajstić information content (AvgIpc) is 2.20. The van der Waals surface area contributed by atoms with Crippen LogP contribution in [0.3, 0.4) is 0 Å². The van der Waals surface area contributed by atoms with Gasteiger partial charge in [0, 0.05) is 10.6 Å². The van der Waals surface area contributed by atoms with Gasteiger partial charge in [-0.1, -0.05) is 0 Å². The van der Waals surface area contributed by atoms with E-state index in [0.29, 0.717) is 5.95 Å². The van der Waals surface area contributed by atoms with Gasteiger partial charge in [-0.05, 0) is 47.5 Å². The summed E-state index contributed by atoms with van der Waals surface area (Å²) < 4.78 is 0. The van der Waals surface area contributed by atoms with Crippen molar-refractivity contribution >= 4 is 47.5 Å². The largest absolute Gasteiger partial charge is 0.324 e. The van der Waals surface area contributed by atoms with Gasteiger partial charge in [-0.3, -0.25) is 0 Å². The van der Waals surface area contributed by atoms with Gasteiger partial charge in [-0.2, -0.15) is 15.0 Å². The summed E-state index contributed by atoms with van der Waals surface area (Å²) in [6.45, 7) is 0. The monoisotopic (exact) mass is 272 g/mol. The second-order valence-electron chi connectivity index (χ2n) is 2.87. The van der Waals surface area contributed by atoms with E-state index in [0.717, 1.165) is 10.6 Å². The second-order valence-corrected chi connectivity index (χ2v) is 4.06. The van der Waals surface area contributed by atoms with Crippen LogP contribution in [-0.2, 0) is 0 Å². The first-order valence-corrected chi connectivity index (χ1v) is 5.47. The highest BCUT2D eigenvalue weighted by atomic mass is 35.5. The maximum absolute atomic E-state index is 5.64. The van der Waals surface area contributed by atoms with E-state index in [-0.39, 0.29) is 10.6 Å². The highest BCUT2D eigenvalue weighted by Gasteiger charge is 2.03. The van der Waals surface area contributed by atoms with Crippen LogP contribution < -0.4 is 5.32 Å². The van der Waals surface area contributed by atoms with E-state index in [2.05, 4.69) is 32.9 Å². The van der Waals surface area contributed by atoms with Crippen LogP contribution in [0, 0.1) is 0 Å². The zero-order valence-electron chi connectivity index (χ0n) is 7.85. The molecular formula is C9H6Cl2N4S. The maximum Gasteiger partial charge on any atom is 0.232 e. The van der Waals surface area contributed by atoms with Crippen molar-refractivity contribution < 1.29 is 0 Å². The van der Waals surface area contributed by atoms with Crippen molar-refractivity contribution in [2.75, 3.05) is 5.32 Å². The van der Waals surface area contributed by atoms with Gasteiger partial charge in [-0.15, -0.1) is 12.6 Å². The second kappa shape index (κ2) is 4.86. The number of nitrogens with one attached hydrogen (secondary N) is 1. The summed E-state index contributed by atoms with van der Waals surface area (Å²) >= 11 is 15.5. The topological polar surface area (TPSA) is 50.7 Å². The predicted molar refractivity (Wildman–Crippen MR) is 66.8 cm³/mol. The fraction of sp³-hybridized carbons (Fsp3) is 0. The minimum Gasteiger partial charge on any atom is -0.324 e. The molecule has 1 heterocycles. The Morgan fingerprint density at radius 1 is 0.938 bits per heavy atom. The van der Waals surface area contributed by atoms with Crippen molar-refractivity contribution in [3.8, 4) is 0 Å². The number of anilines is 2. The first-order chi connectivity index (χ1) is 7.63. The molecule has 0 saturated carbocycles. The third-order valence-corrected chi connectivity index (χ3v) is 2.34. The lowest BCUT2D eigenvalue weighted by Crippen LogP contribution is -1.99. The molecule has 0 spiro atoms. The van der Waals surface area contributed by atoms with E-state index >= 15 is 0 Å². The van der Waals surface area contributed by atoms with E-state index < -0.39 is 0 Å². The zero-order valence-corrected chi connectivity index (χ0v) is 10.3. The van der Waals surface area contributed by atoms with Crippen LogP contribution in [0.4, 0.5) is 11.6 Å². The molecule has 0 aliphatic carbocycles. The molecule has 0 unspecified atom stereocenters. The number of thiol groups is 1. The molecule has 0 saturated heterocycles. The maximum atomic E-state index is 5.64. The number of nitrogens with zero attached hydrogens (tertiary/aromatic N) is 3. The molecule has 0 radical (unpaired) electrons. The molecule has 0 bridgehead atoms. The summed E-state index contributed by atoms with van der Waals surface area (Å²) in [7, 11) is 0. The number of halogens is 2. The number of hydrogen-bond acceptors (Lipinski definition) is 5. The lowest BCUT2D eigenvalue weighted by Gasteiger charge is -2.04. The lowest BCUT2D eigenvalue weighted by molar-refractivity contribution is 1.05. The molecule has 0 aliphatic rings. The normalized spacial score (nSPS) is 10.2. The third kappa shape index (κ3) is 2.98. The fourth-order valence-electron chi connectivity index (χ4n) is 1.06. The molecular weight excluding hydrogens is 267 g/mol. The van der Waals surface area contributed by atoms with Gasteiger partial charge in [0.25, 0.3) is 0 Å². The predicted octanol–water partition coefficient (Wildman–Crippen LogP) is 3.21. The molecule has 0 fully saturated rings. The summed E-state index contributed by atoms with van der Waals surface area (Å²) in [6, 6.07) is 7.37. The van der Waals surface area contributed by atoms with E-state index in [4.69, 9.17) is 23.2 Å². The van der Waals surface area contributed by atoms with Crippen LogP contribution in [0.25, 0.3) is 0 Å². The van der Waals surface area contributed by atoms with E-state index in [1.807, 2.05) is 24.3 Å². The number of rotatable bonds is 2. The van der Waals surface area contributed by atoms with E-state index in [1.165, 1.54) is 0 Å². The van der Waals surface area contributed by atoms with Gasteiger partial charge >= 0.3 is 0 Å². The van der Waals surface area contributed by atoms with Crippen molar-refractivity contribution in [1.29, 1.82) is 0 Å². The first-order valence-electron chi connectivity index (χ1n) is 4.26. The Morgan fingerprint density at radius 3 is 2.06 bits per heavy atom. The molecule has 82 valence electrons. The fourth-order valence-corrected chi connectivity index (χ4v) is 1.57.